The fourth-order valence-corrected chi connectivity index (χ4v) is 2.71. The van der Waals surface area contributed by atoms with Gasteiger partial charge >= 0.3 is 0 Å². The Balaban J connectivity index is 1.55. The van der Waals surface area contributed by atoms with Crippen LogP contribution >= 0.6 is 0 Å². The zero-order valence-corrected chi connectivity index (χ0v) is 13.1. The molecule has 1 unspecified atom stereocenters. The van der Waals surface area contributed by atoms with Crippen molar-refractivity contribution in [3.05, 3.63) is 82.9 Å². The van der Waals surface area contributed by atoms with E-state index in [0.717, 1.165) is 34.9 Å². The minimum Gasteiger partial charge on any atom is -0.373 e. The van der Waals surface area contributed by atoms with Gasteiger partial charge in [-0.25, -0.2) is 0 Å². The summed E-state index contributed by atoms with van der Waals surface area (Å²) in [5, 5.41) is 11.1. The maximum Gasteiger partial charge on any atom is 0.0991 e. The van der Waals surface area contributed by atoms with Crippen LogP contribution < -0.4 is 0 Å². The van der Waals surface area contributed by atoms with Crippen LogP contribution in [0.4, 0.5) is 0 Å². The van der Waals surface area contributed by atoms with Gasteiger partial charge in [-0.05, 0) is 52.7 Å². The Morgan fingerprint density at radius 2 is 1.42 bits per heavy atom. The van der Waals surface area contributed by atoms with E-state index in [9.17, 15) is 0 Å². The molecule has 0 bridgehead atoms. The van der Waals surface area contributed by atoms with Crippen LogP contribution in [-0.2, 0) is 11.2 Å². The maximum absolute atomic E-state index is 8.95. The predicted octanol–water partition coefficient (Wildman–Crippen LogP) is 4.05. The SMILES string of the molecule is N#Cc1ccc2cc(C#Cc3ccc(CC4CO4)cc3)ccc2c1. The Morgan fingerprint density at radius 3 is 2.08 bits per heavy atom. The van der Waals surface area contributed by atoms with Crippen LogP contribution in [0.5, 0.6) is 0 Å². The summed E-state index contributed by atoms with van der Waals surface area (Å²) < 4.78 is 5.25. The van der Waals surface area contributed by atoms with Crippen LogP contribution in [0.25, 0.3) is 10.8 Å². The lowest BCUT2D eigenvalue weighted by atomic mass is 10.0. The zero-order chi connectivity index (χ0) is 16.4. The highest BCUT2D eigenvalue weighted by Gasteiger charge is 2.22. The molecule has 0 radical (unpaired) electrons. The van der Waals surface area contributed by atoms with Crippen LogP contribution in [-0.4, -0.2) is 12.7 Å². The number of benzene rings is 3. The third-order valence-electron chi connectivity index (χ3n) is 4.14. The number of ether oxygens (including phenoxy) is 1. The average Bonchev–Trinajstić information content (AvgIpc) is 3.44. The van der Waals surface area contributed by atoms with Crippen LogP contribution in [0.15, 0.2) is 60.7 Å². The molecule has 0 saturated carbocycles. The van der Waals surface area contributed by atoms with Crippen molar-refractivity contribution in [2.45, 2.75) is 12.5 Å². The second kappa shape index (κ2) is 6.20. The molecule has 24 heavy (non-hydrogen) atoms. The van der Waals surface area contributed by atoms with E-state index in [1.165, 1.54) is 5.56 Å². The summed E-state index contributed by atoms with van der Waals surface area (Å²) >= 11 is 0. The summed E-state index contributed by atoms with van der Waals surface area (Å²) in [6.07, 6.45) is 1.41. The second-order valence-corrected chi connectivity index (χ2v) is 5.99. The molecule has 0 aliphatic carbocycles. The highest BCUT2D eigenvalue weighted by atomic mass is 16.6. The highest BCUT2D eigenvalue weighted by molar-refractivity contribution is 5.85. The molecule has 2 nitrogen and oxygen atoms in total. The largest absolute Gasteiger partial charge is 0.373 e. The Kier molecular flexibility index (Phi) is 3.75. The molecule has 1 fully saturated rings. The van der Waals surface area contributed by atoms with Gasteiger partial charge in [0.25, 0.3) is 0 Å². The van der Waals surface area contributed by atoms with E-state index in [4.69, 9.17) is 10.00 Å². The molecule has 4 rings (SSSR count). The molecule has 3 aromatic carbocycles. The van der Waals surface area contributed by atoms with Gasteiger partial charge in [0.1, 0.15) is 0 Å². The van der Waals surface area contributed by atoms with Gasteiger partial charge < -0.3 is 4.74 Å². The number of hydrogen-bond donors (Lipinski definition) is 0. The molecule has 2 heteroatoms. The quantitative estimate of drug-likeness (QED) is 0.529. The maximum atomic E-state index is 8.95. The molecule has 0 spiro atoms. The van der Waals surface area contributed by atoms with E-state index in [1.807, 2.05) is 30.3 Å². The molecule has 0 aromatic heterocycles. The fraction of sp³-hybridized carbons (Fsp3) is 0.136. The minimum absolute atomic E-state index is 0.418. The molecular weight excluding hydrogens is 294 g/mol. The third-order valence-corrected chi connectivity index (χ3v) is 4.14. The third kappa shape index (κ3) is 3.30. The Bertz CT molecular complexity index is 996. The number of nitrogens with zero attached hydrogens (tertiary/aromatic N) is 1. The van der Waals surface area contributed by atoms with Gasteiger partial charge in [-0.3, -0.25) is 0 Å². The van der Waals surface area contributed by atoms with E-state index in [-0.39, 0.29) is 0 Å². The van der Waals surface area contributed by atoms with Crippen molar-refractivity contribution >= 4 is 10.8 Å². The summed E-state index contributed by atoms with van der Waals surface area (Å²) in [5.41, 5.74) is 3.96. The first-order valence-corrected chi connectivity index (χ1v) is 7.97. The van der Waals surface area contributed by atoms with Crippen molar-refractivity contribution in [1.82, 2.24) is 0 Å². The molecule has 1 heterocycles. The van der Waals surface area contributed by atoms with Crippen molar-refractivity contribution in [3.63, 3.8) is 0 Å². The summed E-state index contributed by atoms with van der Waals surface area (Å²) in [5.74, 6) is 6.43. The monoisotopic (exact) mass is 309 g/mol. The number of fused-ring (bicyclic) bond motifs is 1. The van der Waals surface area contributed by atoms with Crippen molar-refractivity contribution in [2.75, 3.05) is 6.61 Å². The molecule has 1 saturated heterocycles. The molecule has 1 atom stereocenters. The van der Waals surface area contributed by atoms with Gasteiger partial charge in [0.05, 0.1) is 24.3 Å². The number of hydrogen-bond acceptors (Lipinski definition) is 2. The Morgan fingerprint density at radius 1 is 0.833 bits per heavy atom. The van der Waals surface area contributed by atoms with Crippen LogP contribution in [0, 0.1) is 23.2 Å². The normalized spacial score (nSPS) is 15.4. The number of nitriles is 1. The van der Waals surface area contributed by atoms with E-state index >= 15 is 0 Å². The van der Waals surface area contributed by atoms with Crippen molar-refractivity contribution < 1.29 is 4.74 Å². The summed E-state index contributed by atoms with van der Waals surface area (Å²) in [7, 11) is 0. The summed E-state index contributed by atoms with van der Waals surface area (Å²) in [6.45, 7) is 0.888. The average molecular weight is 309 g/mol. The first kappa shape index (κ1) is 14.5. The fourth-order valence-electron chi connectivity index (χ4n) is 2.71. The van der Waals surface area contributed by atoms with Crippen molar-refractivity contribution in [2.24, 2.45) is 0 Å². The lowest BCUT2D eigenvalue weighted by Crippen LogP contribution is -1.92. The first-order chi connectivity index (χ1) is 11.8. The van der Waals surface area contributed by atoms with Crippen LogP contribution in [0.2, 0.25) is 0 Å². The predicted molar refractivity (Wildman–Crippen MR) is 94.5 cm³/mol. The molecule has 114 valence electrons. The molecular formula is C22H15NO. The standard InChI is InChI=1S/C22H15NO/c23-14-19-8-10-20-11-17(7-9-21(20)12-19)4-1-16-2-5-18(6-3-16)13-22-15-24-22/h2-3,5-12,22H,13,15H2. The van der Waals surface area contributed by atoms with Gasteiger partial charge in [0.2, 0.25) is 0 Å². The van der Waals surface area contributed by atoms with Gasteiger partial charge in [-0.2, -0.15) is 5.26 Å². The number of rotatable bonds is 2. The molecule has 0 amide bonds. The van der Waals surface area contributed by atoms with E-state index in [2.05, 4.69) is 48.2 Å². The summed E-state index contributed by atoms with van der Waals surface area (Å²) in [6, 6.07) is 22.3. The van der Waals surface area contributed by atoms with Gasteiger partial charge in [0, 0.05) is 17.5 Å². The second-order valence-electron chi connectivity index (χ2n) is 5.99. The Hall–Kier alpha value is -3.07. The highest BCUT2D eigenvalue weighted by Crippen LogP contribution is 2.18. The van der Waals surface area contributed by atoms with Gasteiger partial charge in [-0.1, -0.05) is 36.1 Å². The lowest BCUT2D eigenvalue weighted by molar-refractivity contribution is 0.407. The smallest absolute Gasteiger partial charge is 0.0991 e. The molecule has 1 aliphatic rings. The van der Waals surface area contributed by atoms with Crippen molar-refractivity contribution in [3.8, 4) is 17.9 Å². The molecule has 0 N–H and O–H groups in total. The molecule has 3 aromatic rings. The van der Waals surface area contributed by atoms with Crippen LogP contribution in [0.3, 0.4) is 0 Å². The summed E-state index contributed by atoms with van der Waals surface area (Å²) in [4.78, 5) is 0. The topological polar surface area (TPSA) is 36.3 Å². The van der Waals surface area contributed by atoms with Gasteiger partial charge in [-0.15, -0.1) is 0 Å². The van der Waals surface area contributed by atoms with Crippen LogP contribution in [0.1, 0.15) is 22.3 Å². The van der Waals surface area contributed by atoms with E-state index in [0.29, 0.717) is 11.7 Å². The molecule has 1 aliphatic heterocycles. The van der Waals surface area contributed by atoms with E-state index < -0.39 is 0 Å². The lowest BCUT2D eigenvalue weighted by Gasteiger charge is -1.99. The number of epoxide rings is 1. The Labute approximate surface area is 141 Å². The van der Waals surface area contributed by atoms with E-state index in [1.54, 1.807) is 0 Å². The zero-order valence-electron chi connectivity index (χ0n) is 13.1. The van der Waals surface area contributed by atoms with Crippen molar-refractivity contribution in [1.29, 1.82) is 5.26 Å². The minimum atomic E-state index is 0.418. The first-order valence-electron chi connectivity index (χ1n) is 7.97. The van der Waals surface area contributed by atoms with Gasteiger partial charge in [0.15, 0.2) is 0 Å².